The first-order valence-corrected chi connectivity index (χ1v) is 4.60. The lowest BCUT2D eigenvalue weighted by Gasteiger charge is -2.27. The van der Waals surface area contributed by atoms with Gasteiger partial charge in [0.2, 0.25) is 0 Å². The molecule has 2 bridgehead atoms. The van der Waals surface area contributed by atoms with Crippen molar-refractivity contribution in [3.63, 3.8) is 0 Å². The molecular weight excluding hydrogens is 164 g/mol. The molecule has 2 nitrogen and oxygen atoms in total. The van der Waals surface area contributed by atoms with Crippen molar-refractivity contribution in [2.45, 2.75) is 24.3 Å². The van der Waals surface area contributed by atoms with Crippen molar-refractivity contribution in [2.24, 2.45) is 17.8 Å². The maximum absolute atomic E-state index is 9.49. The summed E-state index contributed by atoms with van der Waals surface area (Å²) in [5.74, 6) is 1.08. The lowest BCUT2D eigenvalue weighted by atomic mass is 9.87. The van der Waals surface area contributed by atoms with E-state index >= 15 is 0 Å². The van der Waals surface area contributed by atoms with Crippen LogP contribution in [0, 0.1) is 17.8 Å². The monoisotopic (exact) mass is 176 g/mol. The van der Waals surface area contributed by atoms with Crippen LogP contribution in [0.2, 0.25) is 0 Å². The van der Waals surface area contributed by atoms with Gasteiger partial charge in [0.1, 0.15) is 0 Å². The summed E-state index contributed by atoms with van der Waals surface area (Å²) in [6.45, 7) is 0.233. The zero-order chi connectivity index (χ0) is 8.01. The SMILES string of the molecule is OCC1CC2CC1C(Cl)C2O. The second kappa shape index (κ2) is 2.61. The normalized spacial score (nSPS) is 55.4. The number of rotatable bonds is 1. The smallest absolute Gasteiger partial charge is 0.0734 e. The van der Waals surface area contributed by atoms with Gasteiger partial charge < -0.3 is 10.2 Å². The lowest BCUT2D eigenvalue weighted by Crippen LogP contribution is -2.34. The first-order valence-electron chi connectivity index (χ1n) is 4.17. The van der Waals surface area contributed by atoms with E-state index in [4.69, 9.17) is 16.7 Å². The molecule has 0 saturated heterocycles. The molecule has 64 valence electrons. The summed E-state index contributed by atoms with van der Waals surface area (Å²) < 4.78 is 0. The number of halogens is 1. The first-order chi connectivity index (χ1) is 5.24. The number of hydrogen-bond acceptors (Lipinski definition) is 2. The third-order valence-corrected chi connectivity index (χ3v) is 3.82. The standard InChI is InChI=1S/C8H13ClO2/c9-7-6-2-4(8(7)11)1-5(6)3-10/h4-8,10-11H,1-3H2. The maximum atomic E-state index is 9.49. The quantitative estimate of drug-likeness (QED) is 0.575. The van der Waals surface area contributed by atoms with E-state index in [-0.39, 0.29) is 18.1 Å². The molecule has 5 atom stereocenters. The summed E-state index contributed by atoms with van der Waals surface area (Å²) in [4.78, 5) is 0. The van der Waals surface area contributed by atoms with Gasteiger partial charge in [-0.3, -0.25) is 0 Å². The minimum absolute atomic E-state index is 0.106. The molecule has 2 N–H and O–H groups in total. The van der Waals surface area contributed by atoms with E-state index in [0.29, 0.717) is 17.8 Å². The van der Waals surface area contributed by atoms with Crippen LogP contribution in [0.1, 0.15) is 12.8 Å². The maximum Gasteiger partial charge on any atom is 0.0734 e. The zero-order valence-corrected chi connectivity index (χ0v) is 7.04. The highest BCUT2D eigenvalue weighted by molar-refractivity contribution is 6.21. The molecule has 0 radical (unpaired) electrons. The van der Waals surface area contributed by atoms with Crippen LogP contribution in [0.3, 0.4) is 0 Å². The molecule has 0 spiro atoms. The molecular formula is C8H13ClO2. The summed E-state index contributed by atoms with van der Waals surface area (Å²) >= 11 is 5.97. The van der Waals surface area contributed by atoms with Gasteiger partial charge >= 0.3 is 0 Å². The average Bonchev–Trinajstić information content (AvgIpc) is 2.53. The Labute approximate surface area is 71.2 Å². The molecule has 0 aliphatic heterocycles. The van der Waals surface area contributed by atoms with Gasteiger partial charge in [-0.1, -0.05) is 0 Å². The Kier molecular flexibility index (Phi) is 1.86. The molecule has 2 rings (SSSR count). The van der Waals surface area contributed by atoms with Crippen molar-refractivity contribution >= 4 is 11.6 Å². The van der Waals surface area contributed by atoms with Crippen molar-refractivity contribution < 1.29 is 10.2 Å². The van der Waals surface area contributed by atoms with E-state index in [1.54, 1.807) is 0 Å². The third kappa shape index (κ3) is 1.00. The predicted molar refractivity (Wildman–Crippen MR) is 42.4 cm³/mol. The van der Waals surface area contributed by atoms with Gasteiger partial charge in [-0.15, -0.1) is 11.6 Å². The van der Waals surface area contributed by atoms with Crippen LogP contribution < -0.4 is 0 Å². The molecule has 0 heterocycles. The van der Waals surface area contributed by atoms with Crippen LogP contribution in [0.25, 0.3) is 0 Å². The minimum atomic E-state index is -0.315. The molecule has 2 aliphatic rings. The zero-order valence-electron chi connectivity index (χ0n) is 6.28. The summed E-state index contributed by atoms with van der Waals surface area (Å²) in [7, 11) is 0. The fourth-order valence-corrected chi connectivity index (χ4v) is 3.11. The summed E-state index contributed by atoms with van der Waals surface area (Å²) in [5.41, 5.74) is 0. The van der Waals surface area contributed by atoms with Gasteiger partial charge in [-0.05, 0) is 30.6 Å². The van der Waals surface area contributed by atoms with E-state index in [1.807, 2.05) is 0 Å². The molecule has 2 fully saturated rings. The van der Waals surface area contributed by atoms with Gasteiger partial charge in [0, 0.05) is 6.61 Å². The first kappa shape index (κ1) is 7.84. The molecule has 2 saturated carbocycles. The number of alkyl halides is 1. The van der Waals surface area contributed by atoms with Crippen molar-refractivity contribution in [1.29, 1.82) is 0 Å². The third-order valence-electron chi connectivity index (χ3n) is 3.24. The molecule has 5 unspecified atom stereocenters. The fourth-order valence-electron chi connectivity index (χ4n) is 2.59. The number of aliphatic hydroxyl groups excluding tert-OH is 2. The van der Waals surface area contributed by atoms with Crippen molar-refractivity contribution in [2.75, 3.05) is 6.61 Å². The van der Waals surface area contributed by atoms with E-state index in [0.717, 1.165) is 12.8 Å². The Balaban J connectivity index is 2.10. The second-order valence-corrected chi connectivity index (χ2v) is 4.28. The largest absolute Gasteiger partial charge is 0.396 e. The highest BCUT2D eigenvalue weighted by Gasteiger charge is 2.50. The Morgan fingerprint density at radius 1 is 1.36 bits per heavy atom. The molecule has 0 amide bonds. The number of aliphatic hydroxyl groups is 2. The van der Waals surface area contributed by atoms with E-state index < -0.39 is 0 Å². The summed E-state index contributed by atoms with van der Waals surface area (Å²) in [6.07, 6.45) is 1.66. The molecule has 0 aromatic carbocycles. The Morgan fingerprint density at radius 2 is 2.09 bits per heavy atom. The van der Waals surface area contributed by atoms with Gasteiger partial charge in [0.25, 0.3) is 0 Å². The molecule has 2 aliphatic carbocycles. The fraction of sp³-hybridized carbons (Fsp3) is 1.00. The van der Waals surface area contributed by atoms with E-state index in [1.165, 1.54) is 0 Å². The van der Waals surface area contributed by atoms with Crippen molar-refractivity contribution in [3.05, 3.63) is 0 Å². The second-order valence-electron chi connectivity index (χ2n) is 3.77. The number of hydrogen-bond donors (Lipinski definition) is 2. The summed E-state index contributed by atoms with van der Waals surface area (Å²) in [6, 6.07) is 0. The Morgan fingerprint density at radius 3 is 2.55 bits per heavy atom. The van der Waals surface area contributed by atoms with Crippen molar-refractivity contribution in [1.82, 2.24) is 0 Å². The topological polar surface area (TPSA) is 40.5 Å². The van der Waals surface area contributed by atoms with Gasteiger partial charge in [-0.25, -0.2) is 0 Å². The van der Waals surface area contributed by atoms with Crippen LogP contribution >= 0.6 is 11.6 Å². The molecule has 11 heavy (non-hydrogen) atoms. The Bertz CT molecular complexity index is 156. The molecule has 3 heteroatoms. The van der Waals surface area contributed by atoms with E-state index in [2.05, 4.69) is 0 Å². The van der Waals surface area contributed by atoms with Crippen LogP contribution in [0.4, 0.5) is 0 Å². The summed E-state index contributed by atoms with van der Waals surface area (Å²) in [5, 5.41) is 18.3. The van der Waals surface area contributed by atoms with Gasteiger partial charge in [-0.2, -0.15) is 0 Å². The molecule has 0 aromatic heterocycles. The van der Waals surface area contributed by atoms with Crippen LogP contribution in [-0.2, 0) is 0 Å². The van der Waals surface area contributed by atoms with Crippen LogP contribution in [0.15, 0.2) is 0 Å². The van der Waals surface area contributed by atoms with Crippen molar-refractivity contribution in [3.8, 4) is 0 Å². The highest BCUT2D eigenvalue weighted by Crippen LogP contribution is 2.50. The van der Waals surface area contributed by atoms with Crippen LogP contribution in [0.5, 0.6) is 0 Å². The Hall–Kier alpha value is 0.210. The van der Waals surface area contributed by atoms with Crippen LogP contribution in [-0.4, -0.2) is 28.3 Å². The lowest BCUT2D eigenvalue weighted by molar-refractivity contribution is 0.0805. The van der Waals surface area contributed by atoms with Gasteiger partial charge in [0.15, 0.2) is 0 Å². The van der Waals surface area contributed by atoms with E-state index in [9.17, 15) is 5.11 Å². The molecule has 0 aromatic rings. The van der Waals surface area contributed by atoms with Gasteiger partial charge in [0.05, 0.1) is 11.5 Å². The predicted octanol–water partition coefficient (Wildman–Crippen LogP) is 0.603. The number of fused-ring (bicyclic) bond motifs is 2. The minimum Gasteiger partial charge on any atom is -0.396 e. The highest BCUT2D eigenvalue weighted by atomic mass is 35.5. The average molecular weight is 177 g/mol.